The topological polar surface area (TPSA) is 28.7 Å². The van der Waals surface area contributed by atoms with Crippen molar-refractivity contribution in [1.82, 2.24) is 9.97 Å². The average Bonchev–Trinajstić information content (AvgIpc) is 2.68. The van der Waals surface area contributed by atoms with Crippen LogP contribution in [-0.4, -0.2) is 15.8 Å². The van der Waals surface area contributed by atoms with Gasteiger partial charge in [-0.1, -0.05) is 28.1 Å². The Hall–Kier alpha value is -0.800. The van der Waals surface area contributed by atoms with Gasteiger partial charge in [0.25, 0.3) is 0 Å². The molecular weight excluding hydrogens is 275 g/mol. The van der Waals surface area contributed by atoms with Gasteiger partial charge in [-0.05, 0) is 17.7 Å². The van der Waals surface area contributed by atoms with Gasteiger partial charge in [0.1, 0.15) is 5.82 Å². The van der Waals surface area contributed by atoms with Crippen molar-refractivity contribution in [3.8, 4) is 11.3 Å². The molecule has 4 heteroatoms. The Balaban J connectivity index is 2.25. The van der Waals surface area contributed by atoms with Gasteiger partial charge >= 0.3 is 0 Å². The van der Waals surface area contributed by atoms with Crippen LogP contribution in [0, 0.1) is 0 Å². The number of rotatable bonds is 3. The maximum absolute atomic E-state index is 5.65. The molecule has 78 valence electrons. The number of imidazole rings is 1. The third kappa shape index (κ3) is 2.61. The molecule has 2 rings (SSSR count). The van der Waals surface area contributed by atoms with Gasteiger partial charge in [-0.15, -0.1) is 11.6 Å². The molecule has 1 heterocycles. The first-order chi connectivity index (χ1) is 7.29. The second-order valence-electron chi connectivity index (χ2n) is 3.19. The molecule has 15 heavy (non-hydrogen) atoms. The van der Waals surface area contributed by atoms with Crippen molar-refractivity contribution < 1.29 is 0 Å². The highest BCUT2D eigenvalue weighted by Crippen LogP contribution is 2.19. The predicted molar refractivity (Wildman–Crippen MR) is 66.1 cm³/mol. The van der Waals surface area contributed by atoms with E-state index in [1.807, 2.05) is 30.5 Å². The Kier molecular flexibility index (Phi) is 3.44. The van der Waals surface area contributed by atoms with E-state index >= 15 is 0 Å². The van der Waals surface area contributed by atoms with Gasteiger partial charge in [0.2, 0.25) is 0 Å². The second kappa shape index (κ2) is 4.81. The largest absolute Gasteiger partial charge is 0.342 e. The monoisotopic (exact) mass is 284 g/mol. The molecule has 0 unspecified atom stereocenters. The van der Waals surface area contributed by atoms with Gasteiger partial charge in [0.05, 0.1) is 11.9 Å². The summed E-state index contributed by atoms with van der Waals surface area (Å²) in [7, 11) is 0. The van der Waals surface area contributed by atoms with Crippen LogP contribution in [0.15, 0.2) is 34.9 Å². The average molecular weight is 286 g/mol. The van der Waals surface area contributed by atoms with Gasteiger partial charge in [-0.3, -0.25) is 0 Å². The first-order valence-electron chi connectivity index (χ1n) is 4.65. The number of nitrogens with zero attached hydrogens (tertiary/aromatic N) is 1. The van der Waals surface area contributed by atoms with Gasteiger partial charge < -0.3 is 4.98 Å². The SMILES string of the molecule is ClCCc1ncc(-c2ccc(Br)cc2)[nH]1. The predicted octanol–water partition coefficient (Wildman–Crippen LogP) is 3.62. The molecule has 1 aromatic heterocycles. The zero-order valence-corrected chi connectivity index (χ0v) is 10.3. The van der Waals surface area contributed by atoms with Gasteiger partial charge in [-0.25, -0.2) is 4.98 Å². The molecule has 0 aliphatic rings. The molecule has 2 aromatic rings. The fourth-order valence-corrected chi connectivity index (χ4v) is 1.80. The number of H-pyrrole nitrogens is 1. The van der Waals surface area contributed by atoms with Gasteiger partial charge in [-0.2, -0.15) is 0 Å². The lowest BCUT2D eigenvalue weighted by Gasteiger charge is -1.97. The third-order valence-corrected chi connectivity index (χ3v) is 2.83. The summed E-state index contributed by atoms with van der Waals surface area (Å²) in [4.78, 5) is 7.49. The van der Waals surface area contributed by atoms with Crippen LogP contribution in [0.3, 0.4) is 0 Å². The lowest BCUT2D eigenvalue weighted by molar-refractivity contribution is 0.997. The highest BCUT2D eigenvalue weighted by atomic mass is 79.9. The maximum Gasteiger partial charge on any atom is 0.107 e. The molecule has 0 atom stereocenters. The van der Waals surface area contributed by atoms with Crippen LogP contribution in [0.4, 0.5) is 0 Å². The minimum Gasteiger partial charge on any atom is -0.342 e. The van der Waals surface area contributed by atoms with E-state index in [4.69, 9.17) is 11.6 Å². The Morgan fingerprint density at radius 3 is 2.67 bits per heavy atom. The van der Waals surface area contributed by atoms with Crippen LogP contribution in [0.25, 0.3) is 11.3 Å². The smallest absolute Gasteiger partial charge is 0.107 e. The molecule has 0 aliphatic carbocycles. The number of alkyl halides is 1. The van der Waals surface area contributed by atoms with E-state index in [0.29, 0.717) is 5.88 Å². The molecule has 0 fully saturated rings. The zero-order valence-electron chi connectivity index (χ0n) is 8.00. The number of halogens is 2. The van der Waals surface area contributed by atoms with E-state index in [2.05, 4.69) is 25.9 Å². The minimum absolute atomic E-state index is 0.591. The summed E-state index contributed by atoms with van der Waals surface area (Å²) in [5.74, 6) is 1.52. The van der Waals surface area contributed by atoms with Crippen molar-refractivity contribution in [2.24, 2.45) is 0 Å². The maximum atomic E-state index is 5.65. The Morgan fingerprint density at radius 1 is 1.27 bits per heavy atom. The molecule has 0 radical (unpaired) electrons. The van der Waals surface area contributed by atoms with Crippen LogP contribution < -0.4 is 0 Å². The van der Waals surface area contributed by atoms with E-state index in [1.54, 1.807) is 0 Å². The first-order valence-corrected chi connectivity index (χ1v) is 5.98. The normalized spacial score (nSPS) is 10.5. The van der Waals surface area contributed by atoms with Crippen LogP contribution >= 0.6 is 27.5 Å². The quantitative estimate of drug-likeness (QED) is 0.857. The number of hydrogen-bond donors (Lipinski definition) is 1. The summed E-state index contributed by atoms with van der Waals surface area (Å²) in [6, 6.07) is 8.11. The van der Waals surface area contributed by atoms with Crippen LogP contribution in [0.1, 0.15) is 5.82 Å². The van der Waals surface area contributed by atoms with Crippen LogP contribution in [0.5, 0.6) is 0 Å². The molecule has 0 spiro atoms. The number of hydrogen-bond acceptors (Lipinski definition) is 1. The summed E-state index contributed by atoms with van der Waals surface area (Å²) in [5.41, 5.74) is 2.16. The summed E-state index contributed by atoms with van der Waals surface area (Å²) < 4.78 is 1.08. The fraction of sp³-hybridized carbons (Fsp3) is 0.182. The molecule has 0 bridgehead atoms. The number of aromatic nitrogens is 2. The first kappa shape index (κ1) is 10.7. The van der Waals surface area contributed by atoms with Crippen molar-refractivity contribution in [1.29, 1.82) is 0 Å². The zero-order chi connectivity index (χ0) is 10.7. The summed E-state index contributed by atoms with van der Waals surface area (Å²) in [5, 5.41) is 0. The molecule has 0 saturated carbocycles. The van der Waals surface area contributed by atoms with Crippen molar-refractivity contribution in [3.63, 3.8) is 0 Å². The standard InChI is InChI=1S/C11H10BrClN2/c12-9-3-1-8(2-4-9)10-7-14-11(15-10)5-6-13/h1-4,7H,5-6H2,(H,14,15). The summed E-state index contributed by atoms with van der Waals surface area (Å²) in [6.07, 6.45) is 2.61. The Bertz CT molecular complexity index is 436. The van der Waals surface area contributed by atoms with Gasteiger partial charge in [0, 0.05) is 16.8 Å². The number of aryl methyl sites for hydroxylation is 1. The van der Waals surface area contributed by atoms with E-state index in [9.17, 15) is 0 Å². The van der Waals surface area contributed by atoms with Crippen molar-refractivity contribution >= 4 is 27.5 Å². The molecule has 1 N–H and O–H groups in total. The van der Waals surface area contributed by atoms with Crippen molar-refractivity contribution in [2.75, 3.05) is 5.88 Å². The lowest BCUT2D eigenvalue weighted by Crippen LogP contribution is -1.88. The van der Waals surface area contributed by atoms with Crippen molar-refractivity contribution in [3.05, 3.63) is 40.8 Å². The van der Waals surface area contributed by atoms with Crippen molar-refractivity contribution in [2.45, 2.75) is 6.42 Å². The third-order valence-electron chi connectivity index (χ3n) is 2.11. The molecule has 2 nitrogen and oxygen atoms in total. The van der Waals surface area contributed by atoms with Crippen LogP contribution in [-0.2, 0) is 6.42 Å². The minimum atomic E-state index is 0.591. The van der Waals surface area contributed by atoms with E-state index in [-0.39, 0.29) is 0 Å². The number of nitrogens with one attached hydrogen (secondary N) is 1. The lowest BCUT2D eigenvalue weighted by atomic mass is 10.2. The number of aromatic amines is 1. The highest BCUT2D eigenvalue weighted by Gasteiger charge is 2.02. The fourth-order valence-electron chi connectivity index (χ4n) is 1.36. The van der Waals surface area contributed by atoms with E-state index < -0.39 is 0 Å². The Labute approximate surface area is 102 Å². The van der Waals surface area contributed by atoms with E-state index in [0.717, 1.165) is 28.0 Å². The molecule has 1 aromatic carbocycles. The summed E-state index contributed by atoms with van der Waals surface area (Å²) >= 11 is 9.05. The Morgan fingerprint density at radius 2 is 2.00 bits per heavy atom. The molecule has 0 aliphatic heterocycles. The second-order valence-corrected chi connectivity index (χ2v) is 4.48. The highest BCUT2D eigenvalue weighted by molar-refractivity contribution is 9.10. The summed E-state index contributed by atoms with van der Waals surface area (Å²) in [6.45, 7) is 0. The van der Waals surface area contributed by atoms with E-state index in [1.165, 1.54) is 0 Å². The number of benzene rings is 1. The molecule has 0 amide bonds. The molecule has 0 saturated heterocycles. The molecular formula is C11H10BrClN2. The van der Waals surface area contributed by atoms with Crippen LogP contribution in [0.2, 0.25) is 0 Å². The van der Waals surface area contributed by atoms with Gasteiger partial charge in [0.15, 0.2) is 0 Å².